The molecule has 6 nitrogen and oxygen atoms in total. The van der Waals surface area contributed by atoms with E-state index in [9.17, 15) is 9.59 Å². The maximum absolute atomic E-state index is 13.2. The van der Waals surface area contributed by atoms with Gasteiger partial charge in [0, 0.05) is 25.7 Å². The van der Waals surface area contributed by atoms with Gasteiger partial charge in [0.25, 0.3) is 5.91 Å². The van der Waals surface area contributed by atoms with Gasteiger partial charge in [-0.2, -0.15) is 5.10 Å². The van der Waals surface area contributed by atoms with Crippen molar-refractivity contribution in [3.63, 3.8) is 0 Å². The van der Waals surface area contributed by atoms with E-state index in [1.807, 2.05) is 23.1 Å². The quantitative estimate of drug-likeness (QED) is 0.869. The average molecular weight is 310 g/mol. The van der Waals surface area contributed by atoms with Crippen LogP contribution in [0.15, 0.2) is 30.5 Å². The fraction of sp³-hybridized carbons (Fsp3) is 0.353. The lowest BCUT2D eigenvalue weighted by molar-refractivity contribution is -0.120. The van der Waals surface area contributed by atoms with Gasteiger partial charge in [-0.05, 0) is 24.5 Å². The molecule has 3 heterocycles. The maximum Gasteiger partial charge on any atom is 0.253 e. The lowest BCUT2D eigenvalue weighted by Crippen LogP contribution is -2.46. The third-order valence-electron chi connectivity index (χ3n) is 4.73. The van der Waals surface area contributed by atoms with E-state index in [2.05, 4.69) is 10.2 Å². The molecule has 0 radical (unpaired) electrons. The minimum Gasteiger partial charge on any atom is -0.341 e. The normalized spacial score (nSPS) is 20.2. The number of H-pyrrole nitrogens is 1. The lowest BCUT2D eigenvalue weighted by atomic mass is 9.88. The van der Waals surface area contributed by atoms with Gasteiger partial charge in [-0.25, -0.2) is 0 Å². The van der Waals surface area contributed by atoms with E-state index in [1.54, 1.807) is 24.2 Å². The number of anilines is 1. The minimum atomic E-state index is -0.324. The van der Waals surface area contributed by atoms with Gasteiger partial charge in [0.2, 0.25) is 5.91 Å². The van der Waals surface area contributed by atoms with Crippen molar-refractivity contribution >= 4 is 17.5 Å². The van der Waals surface area contributed by atoms with Crippen LogP contribution in [0.1, 0.15) is 34.0 Å². The summed E-state index contributed by atoms with van der Waals surface area (Å²) >= 11 is 0. The largest absolute Gasteiger partial charge is 0.341 e. The Morgan fingerprint density at radius 2 is 2.17 bits per heavy atom. The zero-order chi connectivity index (χ0) is 16.0. The molecule has 2 aromatic rings. The number of carbonyl (C=O) groups excluding carboxylic acids is 2. The molecule has 0 spiro atoms. The van der Waals surface area contributed by atoms with Crippen LogP contribution in [0.4, 0.5) is 5.69 Å². The first kappa shape index (κ1) is 14.0. The Morgan fingerprint density at radius 3 is 3.04 bits per heavy atom. The highest BCUT2D eigenvalue weighted by atomic mass is 16.2. The first-order valence-electron chi connectivity index (χ1n) is 7.85. The van der Waals surface area contributed by atoms with Gasteiger partial charge < -0.3 is 9.80 Å². The number of rotatable bonds is 1. The van der Waals surface area contributed by atoms with Crippen LogP contribution in [-0.2, 0) is 11.2 Å². The molecule has 4 rings (SSSR count). The fourth-order valence-corrected chi connectivity index (χ4v) is 3.54. The summed E-state index contributed by atoms with van der Waals surface area (Å²) in [5.74, 6) is -0.304. The molecule has 0 fully saturated rings. The fourth-order valence-electron chi connectivity index (χ4n) is 3.54. The van der Waals surface area contributed by atoms with Gasteiger partial charge in [0.05, 0.1) is 23.5 Å². The van der Waals surface area contributed by atoms with Gasteiger partial charge in [0.1, 0.15) is 0 Å². The van der Waals surface area contributed by atoms with Gasteiger partial charge in [-0.1, -0.05) is 18.2 Å². The maximum atomic E-state index is 13.2. The monoisotopic (exact) mass is 310 g/mol. The van der Waals surface area contributed by atoms with Crippen LogP contribution in [0.25, 0.3) is 0 Å². The van der Waals surface area contributed by atoms with Crippen molar-refractivity contribution < 1.29 is 9.59 Å². The van der Waals surface area contributed by atoms with Crippen LogP contribution in [0, 0.1) is 0 Å². The first-order chi connectivity index (χ1) is 11.2. The van der Waals surface area contributed by atoms with Crippen molar-refractivity contribution in [2.24, 2.45) is 0 Å². The van der Waals surface area contributed by atoms with Gasteiger partial charge in [-0.3, -0.25) is 14.7 Å². The van der Waals surface area contributed by atoms with Gasteiger partial charge in [0.15, 0.2) is 0 Å². The minimum absolute atomic E-state index is 0.0210. The van der Waals surface area contributed by atoms with E-state index in [4.69, 9.17) is 0 Å². The Labute approximate surface area is 134 Å². The number of aromatic nitrogens is 2. The SMILES string of the molecule is CN1CC(C(=O)N2CCCc3[nH]ncc32)c2ccccc2C1=O. The van der Waals surface area contributed by atoms with E-state index >= 15 is 0 Å². The Kier molecular flexibility index (Phi) is 3.18. The summed E-state index contributed by atoms with van der Waals surface area (Å²) in [7, 11) is 1.75. The van der Waals surface area contributed by atoms with E-state index in [0.29, 0.717) is 18.7 Å². The molecule has 2 aliphatic heterocycles. The Morgan fingerprint density at radius 1 is 1.35 bits per heavy atom. The highest BCUT2D eigenvalue weighted by Gasteiger charge is 2.37. The third kappa shape index (κ3) is 2.13. The lowest BCUT2D eigenvalue weighted by Gasteiger charge is -2.35. The molecule has 0 saturated heterocycles. The topological polar surface area (TPSA) is 69.3 Å². The van der Waals surface area contributed by atoms with Crippen LogP contribution in [0.5, 0.6) is 0 Å². The van der Waals surface area contributed by atoms with Gasteiger partial charge >= 0.3 is 0 Å². The van der Waals surface area contributed by atoms with E-state index in [0.717, 1.165) is 29.8 Å². The highest BCUT2D eigenvalue weighted by Crippen LogP contribution is 2.33. The summed E-state index contributed by atoms with van der Waals surface area (Å²) in [4.78, 5) is 28.9. The predicted octanol–water partition coefficient (Wildman–Crippen LogP) is 1.56. The molecule has 1 N–H and O–H groups in total. The summed E-state index contributed by atoms with van der Waals surface area (Å²) in [6.45, 7) is 1.11. The molecule has 0 aliphatic carbocycles. The molecular formula is C17H18N4O2. The molecule has 1 atom stereocenters. The molecule has 1 aromatic heterocycles. The summed E-state index contributed by atoms with van der Waals surface area (Å²) in [5.41, 5.74) is 3.34. The van der Waals surface area contributed by atoms with Gasteiger partial charge in [-0.15, -0.1) is 0 Å². The predicted molar refractivity (Wildman–Crippen MR) is 85.4 cm³/mol. The zero-order valence-corrected chi connectivity index (χ0v) is 13.0. The van der Waals surface area contributed by atoms with Crippen molar-refractivity contribution in [3.05, 3.63) is 47.3 Å². The smallest absolute Gasteiger partial charge is 0.253 e. The Bertz CT molecular complexity index is 782. The number of likely N-dealkylation sites (N-methyl/N-ethyl adjacent to an activating group) is 1. The molecule has 1 aromatic carbocycles. The number of carbonyl (C=O) groups is 2. The summed E-state index contributed by atoms with van der Waals surface area (Å²) in [5, 5.41) is 7.04. The molecule has 2 amide bonds. The van der Waals surface area contributed by atoms with Crippen molar-refractivity contribution in [2.75, 3.05) is 25.0 Å². The highest BCUT2D eigenvalue weighted by molar-refractivity contribution is 6.04. The molecule has 23 heavy (non-hydrogen) atoms. The summed E-state index contributed by atoms with van der Waals surface area (Å²) in [6, 6.07) is 7.42. The number of benzene rings is 1. The van der Waals surface area contributed by atoms with Crippen molar-refractivity contribution in [3.8, 4) is 0 Å². The second kappa shape index (κ2) is 5.22. The van der Waals surface area contributed by atoms with Crippen LogP contribution in [-0.4, -0.2) is 47.0 Å². The number of fused-ring (bicyclic) bond motifs is 2. The standard InChI is InChI=1S/C17H18N4O2/c1-20-10-13(11-5-2-3-6-12(11)16(20)22)17(23)21-8-4-7-14-15(21)9-18-19-14/h2-3,5-6,9,13H,4,7-8,10H2,1H3,(H,18,19). The number of hydrogen-bond donors (Lipinski definition) is 1. The van der Waals surface area contributed by atoms with Crippen LogP contribution < -0.4 is 4.90 Å². The molecule has 2 aliphatic rings. The second-order valence-corrected chi connectivity index (χ2v) is 6.15. The molecular weight excluding hydrogens is 292 g/mol. The number of aromatic amines is 1. The average Bonchev–Trinajstić information content (AvgIpc) is 3.06. The van der Waals surface area contributed by atoms with Crippen molar-refractivity contribution in [1.29, 1.82) is 0 Å². The van der Waals surface area contributed by atoms with Crippen LogP contribution in [0.2, 0.25) is 0 Å². The number of nitrogens with one attached hydrogen (secondary N) is 1. The summed E-state index contributed by atoms with van der Waals surface area (Å²) < 4.78 is 0. The van der Waals surface area contributed by atoms with E-state index in [-0.39, 0.29) is 17.7 Å². The number of nitrogens with zero attached hydrogens (tertiary/aromatic N) is 3. The number of hydrogen-bond acceptors (Lipinski definition) is 3. The van der Waals surface area contributed by atoms with Crippen LogP contribution >= 0.6 is 0 Å². The number of amides is 2. The van der Waals surface area contributed by atoms with Crippen molar-refractivity contribution in [2.45, 2.75) is 18.8 Å². The Balaban J connectivity index is 1.73. The molecule has 118 valence electrons. The first-order valence-corrected chi connectivity index (χ1v) is 7.85. The van der Waals surface area contributed by atoms with Crippen LogP contribution in [0.3, 0.4) is 0 Å². The van der Waals surface area contributed by atoms with E-state index < -0.39 is 0 Å². The second-order valence-electron chi connectivity index (χ2n) is 6.15. The molecule has 0 bridgehead atoms. The molecule has 0 saturated carbocycles. The summed E-state index contributed by atoms with van der Waals surface area (Å²) in [6.07, 6.45) is 3.55. The number of aryl methyl sites for hydroxylation is 1. The molecule has 6 heteroatoms. The third-order valence-corrected chi connectivity index (χ3v) is 4.73. The Hall–Kier alpha value is -2.63. The van der Waals surface area contributed by atoms with Crippen molar-refractivity contribution in [1.82, 2.24) is 15.1 Å². The molecule has 1 unspecified atom stereocenters. The van der Waals surface area contributed by atoms with E-state index in [1.165, 1.54) is 0 Å². The zero-order valence-electron chi connectivity index (χ0n) is 13.0.